The lowest BCUT2D eigenvalue weighted by Gasteiger charge is -2.26. The van der Waals surface area contributed by atoms with E-state index in [0.29, 0.717) is 43.9 Å². The first-order valence-corrected chi connectivity index (χ1v) is 7.43. The van der Waals surface area contributed by atoms with Gasteiger partial charge in [0, 0.05) is 25.8 Å². The Morgan fingerprint density at radius 3 is 2.77 bits per heavy atom. The largest absolute Gasteiger partial charge is 0.378 e. The number of carbonyl (C=O) groups is 1. The molecule has 0 spiro atoms. The quantitative estimate of drug-likeness (QED) is 0.822. The monoisotopic (exact) mass is 322 g/mol. The number of nitrogens with zero attached hydrogens (tertiary/aromatic N) is 4. The molecule has 0 aromatic carbocycles. The van der Waals surface area contributed by atoms with Gasteiger partial charge in [0.1, 0.15) is 5.56 Å². The van der Waals surface area contributed by atoms with Crippen LogP contribution in [0.15, 0.2) is 17.1 Å². The summed E-state index contributed by atoms with van der Waals surface area (Å²) in [5.41, 5.74) is 0.184. The second-order valence-electron chi connectivity index (χ2n) is 4.97. The predicted molar refractivity (Wildman–Crippen MR) is 81.2 cm³/mol. The fourth-order valence-corrected chi connectivity index (χ4v) is 2.64. The first-order chi connectivity index (χ1) is 10.6. The normalized spacial score (nSPS) is 15.3. The number of fused-ring (bicyclic) bond motifs is 1. The molecule has 0 bridgehead atoms. The summed E-state index contributed by atoms with van der Waals surface area (Å²) in [7, 11) is 0. The van der Waals surface area contributed by atoms with E-state index >= 15 is 0 Å². The number of pyridine rings is 1. The van der Waals surface area contributed by atoms with E-state index in [9.17, 15) is 9.59 Å². The van der Waals surface area contributed by atoms with Crippen LogP contribution in [0.1, 0.15) is 17.3 Å². The van der Waals surface area contributed by atoms with Crippen LogP contribution in [0.2, 0.25) is 5.15 Å². The standard InChI is InChI=1S/C14H15ClN4O3/c1-2-18-8-10(14(21)19-3-5-22-6-4-19)12(20)9-7-11(15)16-17-13(9)18/h7-8H,2-6H2,1H3. The highest BCUT2D eigenvalue weighted by Crippen LogP contribution is 2.14. The number of carbonyl (C=O) groups excluding carboxylic acids is 1. The molecule has 116 valence electrons. The molecule has 7 nitrogen and oxygen atoms in total. The molecule has 0 N–H and O–H groups in total. The molecule has 1 amide bonds. The molecular formula is C14H15ClN4O3. The molecule has 0 radical (unpaired) electrons. The fourth-order valence-electron chi connectivity index (χ4n) is 2.49. The van der Waals surface area contributed by atoms with Crippen molar-refractivity contribution in [2.45, 2.75) is 13.5 Å². The van der Waals surface area contributed by atoms with Crippen LogP contribution in [0.5, 0.6) is 0 Å². The summed E-state index contributed by atoms with van der Waals surface area (Å²) < 4.78 is 6.96. The third kappa shape index (κ3) is 2.57. The van der Waals surface area contributed by atoms with E-state index in [0.717, 1.165) is 0 Å². The molecular weight excluding hydrogens is 308 g/mol. The molecule has 0 unspecified atom stereocenters. The number of hydrogen-bond acceptors (Lipinski definition) is 5. The Balaban J connectivity index is 2.15. The zero-order valence-corrected chi connectivity index (χ0v) is 12.8. The van der Waals surface area contributed by atoms with E-state index in [1.807, 2.05) is 6.92 Å². The number of amides is 1. The average molecular weight is 323 g/mol. The van der Waals surface area contributed by atoms with Crippen molar-refractivity contribution < 1.29 is 9.53 Å². The third-order valence-electron chi connectivity index (χ3n) is 3.66. The second-order valence-corrected chi connectivity index (χ2v) is 5.35. The first kappa shape index (κ1) is 14.9. The van der Waals surface area contributed by atoms with Crippen molar-refractivity contribution in [1.82, 2.24) is 19.7 Å². The van der Waals surface area contributed by atoms with Gasteiger partial charge in [-0.3, -0.25) is 9.59 Å². The highest BCUT2D eigenvalue weighted by atomic mass is 35.5. The van der Waals surface area contributed by atoms with Crippen molar-refractivity contribution in [3.05, 3.63) is 33.2 Å². The average Bonchev–Trinajstić information content (AvgIpc) is 2.56. The Morgan fingerprint density at radius 2 is 2.09 bits per heavy atom. The molecule has 1 fully saturated rings. The SMILES string of the molecule is CCn1cc(C(=O)N2CCOCC2)c(=O)c2cc(Cl)nnc21. The minimum Gasteiger partial charge on any atom is -0.378 e. The van der Waals surface area contributed by atoms with Gasteiger partial charge in [0.15, 0.2) is 10.8 Å². The zero-order chi connectivity index (χ0) is 15.7. The topological polar surface area (TPSA) is 77.3 Å². The van der Waals surface area contributed by atoms with Crippen molar-refractivity contribution in [2.24, 2.45) is 0 Å². The molecule has 0 saturated carbocycles. The molecule has 22 heavy (non-hydrogen) atoms. The molecule has 1 aliphatic heterocycles. The minimum absolute atomic E-state index is 0.125. The zero-order valence-electron chi connectivity index (χ0n) is 12.1. The lowest BCUT2D eigenvalue weighted by molar-refractivity contribution is 0.0301. The number of ether oxygens (including phenoxy) is 1. The van der Waals surface area contributed by atoms with Gasteiger partial charge in [-0.05, 0) is 13.0 Å². The van der Waals surface area contributed by atoms with Crippen LogP contribution in [0.4, 0.5) is 0 Å². The second kappa shape index (κ2) is 6.02. The maximum absolute atomic E-state index is 12.6. The maximum Gasteiger partial charge on any atom is 0.259 e. The highest BCUT2D eigenvalue weighted by molar-refractivity contribution is 6.29. The smallest absolute Gasteiger partial charge is 0.259 e. The lowest BCUT2D eigenvalue weighted by Crippen LogP contribution is -2.42. The Hall–Kier alpha value is -1.99. The molecule has 3 rings (SSSR count). The summed E-state index contributed by atoms with van der Waals surface area (Å²) in [6.45, 7) is 4.41. The van der Waals surface area contributed by atoms with Crippen LogP contribution in [0.25, 0.3) is 11.0 Å². The van der Waals surface area contributed by atoms with Gasteiger partial charge in [0.25, 0.3) is 5.91 Å². The van der Waals surface area contributed by atoms with Crippen molar-refractivity contribution in [3.8, 4) is 0 Å². The highest BCUT2D eigenvalue weighted by Gasteiger charge is 2.23. The minimum atomic E-state index is -0.368. The van der Waals surface area contributed by atoms with E-state index in [-0.39, 0.29) is 22.1 Å². The fraction of sp³-hybridized carbons (Fsp3) is 0.429. The molecule has 1 saturated heterocycles. The number of aromatic nitrogens is 3. The summed E-state index contributed by atoms with van der Waals surface area (Å²) in [5.74, 6) is -0.287. The summed E-state index contributed by atoms with van der Waals surface area (Å²) >= 11 is 5.83. The number of rotatable bonds is 2. The Morgan fingerprint density at radius 1 is 1.36 bits per heavy atom. The van der Waals surface area contributed by atoms with Crippen LogP contribution < -0.4 is 5.43 Å². The van der Waals surface area contributed by atoms with E-state index in [2.05, 4.69) is 10.2 Å². The summed E-state index contributed by atoms with van der Waals surface area (Å²) in [5, 5.41) is 8.16. The Labute approximate surface area is 131 Å². The van der Waals surface area contributed by atoms with Crippen molar-refractivity contribution >= 4 is 28.5 Å². The van der Waals surface area contributed by atoms with Gasteiger partial charge in [-0.25, -0.2) is 0 Å². The summed E-state index contributed by atoms with van der Waals surface area (Å²) in [4.78, 5) is 26.8. The van der Waals surface area contributed by atoms with Gasteiger partial charge < -0.3 is 14.2 Å². The van der Waals surface area contributed by atoms with E-state index in [1.165, 1.54) is 6.07 Å². The molecule has 0 aliphatic carbocycles. The van der Waals surface area contributed by atoms with Crippen LogP contribution in [0.3, 0.4) is 0 Å². The number of aryl methyl sites for hydroxylation is 1. The first-order valence-electron chi connectivity index (χ1n) is 7.05. The van der Waals surface area contributed by atoms with Crippen molar-refractivity contribution in [3.63, 3.8) is 0 Å². The van der Waals surface area contributed by atoms with Crippen molar-refractivity contribution in [1.29, 1.82) is 0 Å². The molecule has 2 aromatic heterocycles. The van der Waals surface area contributed by atoms with E-state index in [4.69, 9.17) is 16.3 Å². The number of hydrogen-bond donors (Lipinski definition) is 0. The van der Waals surface area contributed by atoms with Gasteiger partial charge in [-0.1, -0.05) is 11.6 Å². The van der Waals surface area contributed by atoms with E-state index in [1.54, 1.807) is 15.7 Å². The van der Waals surface area contributed by atoms with Crippen LogP contribution in [-0.4, -0.2) is 51.9 Å². The number of morpholine rings is 1. The van der Waals surface area contributed by atoms with E-state index < -0.39 is 0 Å². The third-order valence-corrected chi connectivity index (χ3v) is 3.84. The molecule has 2 aromatic rings. The van der Waals surface area contributed by atoms with Gasteiger partial charge >= 0.3 is 0 Å². The molecule has 8 heteroatoms. The summed E-state index contributed by atoms with van der Waals surface area (Å²) in [6.07, 6.45) is 1.55. The van der Waals surface area contributed by atoms with Gasteiger partial charge in [0.05, 0.1) is 18.6 Å². The predicted octanol–water partition coefficient (Wildman–Crippen LogP) is 0.937. The Kier molecular flexibility index (Phi) is 4.08. The van der Waals surface area contributed by atoms with Crippen LogP contribution in [0, 0.1) is 0 Å². The van der Waals surface area contributed by atoms with Gasteiger partial charge in [-0.2, -0.15) is 0 Å². The Bertz CT molecular complexity index is 783. The number of halogens is 1. The molecule has 0 atom stereocenters. The molecule has 1 aliphatic rings. The van der Waals surface area contributed by atoms with Crippen molar-refractivity contribution in [2.75, 3.05) is 26.3 Å². The summed E-state index contributed by atoms with van der Waals surface area (Å²) in [6, 6.07) is 1.45. The van der Waals surface area contributed by atoms with Crippen LogP contribution >= 0.6 is 11.6 Å². The lowest BCUT2D eigenvalue weighted by atomic mass is 10.1. The van der Waals surface area contributed by atoms with Gasteiger partial charge in [0.2, 0.25) is 5.43 Å². The molecule has 3 heterocycles. The maximum atomic E-state index is 12.6. The van der Waals surface area contributed by atoms with Gasteiger partial charge in [-0.15, -0.1) is 10.2 Å². The van der Waals surface area contributed by atoms with Crippen LogP contribution in [-0.2, 0) is 11.3 Å².